The van der Waals surface area contributed by atoms with E-state index in [2.05, 4.69) is 30.9 Å². The number of hydrogen-bond acceptors (Lipinski definition) is 2. The summed E-state index contributed by atoms with van der Waals surface area (Å²) in [6.45, 7) is 6.03. The fraction of sp³-hybridized carbons (Fsp3) is 1.00. The maximum absolute atomic E-state index is 3.75. The Kier molecular flexibility index (Phi) is 2.89. The predicted molar refractivity (Wildman–Crippen MR) is 60.3 cm³/mol. The molecule has 0 bridgehead atoms. The molecule has 1 aliphatic carbocycles. The lowest BCUT2D eigenvalue weighted by molar-refractivity contribution is 0.406. The average Bonchev–Trinajstić information content (AvgIpc) is 2.83. The van der Waals surface area contributed by atoms with Crippen LogP contribution in [0.15, 0.2) is 0 Å². The highest BCUT2D eigenvalue weighted by Gasteiger charge is 2.37. The van der Waals surface area contributed by atoms with Crippen molar-refractivity contribution in [2.45, 2.75) is 50.8 Å². The minimum atomic E-state index is 0.668. The first-order chi connectivity index (χ1) is 6.20. The molecule has 13 heavy (non-hydrogen) atoms. The van der Waals surface area contributed by atoms with Crippen molar-refractivity contribution >= 4 is 11.8 Å². The Morgan fingerprint density at radius 2 is 2.23 bits per heavy atom. The molecule has 0 spiro atoms. The van der Waals surface area contributed by atoms with Gasteiger partial charge in [0.15, 0.2) is 0 Å². The van der Waals surface area contributed by atoms with E-state index in [1.165, 1.54) is 38.0 Å². The summed E-state index contributed by atoms with van der Waals surface area (Å²) in [4.78, 5) is 0. The molecule has 1 N–H and O–H groups in total. The Morgan fingerprint density at radius 1 is 1.46 bits per heavy atom. The second-order valence-corrected chi connectivity index (χ2v) is 6.50. The van der Waals surface area contributed by atoms with Crippen LogP contribution in [0.4, 0.5) is 0 Å². The molecule has 0 aromatic heterocycles. The second kappa shape index (κ2) is 3.82. The Balaban J connectivity index is 1.73. The van der Waals surface area contributed by atoms with Gasteiger partial charge in [-0.1, -0.05) is 13.8 Å². The molecule has 2 rings (SSSR count). The van der Waals surface area contributed by atoms with Crippen LogP contribution in [0.2, 0.25) is 0 Å². The van der Waals surface area contributed by atoms with E-state index >= 15 is 0 Å². The average molecular weight is 199 g/mol. The minimum Gasteiger partial charge on any atom is -0.312 e. The zero-order valence-electron chi connectivity index (χ0n) is 8.81. The molecule has 2 atom stereocenters. The molecular formula is C11H21NS. The summed E-state index contributed by atoms with van der Waals surface area (Å²) < 4.78 is 0. The van der Waals surface area contributed by atoms with Crippen LogP contribution in [0, 0.1) is 5.41 Å². The van der Waals surface area contributed by atoms with Crippen molar-refractivity contribution in [2.75, 3.05) is 12.3 Å². The fourth-order valence-electron chi connectivity index (χ4n) is 1.96. The largest absolute Gasteiger partial charge is 0.312 e. The summed E-state index contributed by atoms with van der Waals surface area (Å²) in [5.41, 5.74) is 0.668. The topological polar surface area (TPSA) is 12.0 Å². The Bertz CT molecular complexity index is 177. The van der Waals surface area contributed by atoms with Crippen molar-refractivity contribution in [1.29, 1.82) is 0 Å². The van der Waals surface area contributed by atoms with Crippen molar-refractivity contribution in [3.63, 3.8) is 0 Å². The maximum Gasteiger partial charge on any atom is 0.0184 e. The van der Waals surface area contributed by atoms with E-state index in [0.29, 0.717) is 5.41 Å². The number of hydrogen-bond donors (Lipinski definition) is 1. The van der Waals surface area contributed by atoms with Gasteiger partial charge in [-0.15, -0.1) is 0 Å². The molecule has 1 nitrogen and oxygen atoms in total. The zero-order chi connectivity index (χ0) is 9.31. The Hall–Kier alpha value is 0.310. The van der Waals surface area contributed by atoms with Gasteiger partial charge < -0.3 is 5.32 Å². The quantitative estimate of drug-likeness (QED) is 0.750. The molecular weight excluding hydrogens is 178 g/mol. The van der Waals surface area contributed by atoms with Gasteiger partial charge in [0.1, 0.15) is 0 Å². The number of nitrogens with one attached hydrogen (secondary N) is 1. The van der Waals surface area contributed by atoms with Gasteiger partial charge in [-0.25, -0.2) is 0 Å². The second-order valence-electron chi connectivity index (χ2n) is 5.02. The SMILES string of the molecule is CC1SCCCC1NCC1(C)CC1. The molecule has 1 aliphatic heterocycles. The number of thioether (sulfide) groups is 1. The molecule has 1 saturated carbocycles. The molecule has 0 amide bonds. The molecule has 0 aromatic carbocycles. The minimum absolute atomic E-state index is 0.668. The molecule has 1 saturated heterocycles. The third-order valence-electron chi connectivity index (χ3n) is 3.50. The highest BCUT2D eigenvalue weighted by Crippen LogP contribution is 2.44. The normalized spacial score (nSPS) is 37.4. The van der Waals surface area contributed by atoms with Crippen molar-refractivity contribution < 1.29 is 0 Å². The summed E-state index contributed by atoms with van der Waals surface area (Å²) in [5, 5.41) is 4.58. The van der Waals surface area contributed by atoms with Crippen LogP contribution in [-0.2, 0) is 0 Å². The van der Waals surface area contributed by atoms with Crippen LogP contribution in [0.3, 0.4) is 0 Å². The lowest BCUT2D eigenvalue weighted by Gasteiger charge is -2.30. The van der Waals surface area contributed by atoms with E-state index in [9.17, 15) is 0 Å². The molecule has 2 heteroatoms. The summed E-state index contributed by atoms with van der Waals surface area (Å²) in [7, 11) is 0. The molecule has 2 aliphatic rings. The summed E-state index contributed by atoms with van der Waals surface area (Å²) >= 11 is 2.13. The molecule has 1 heterocycles. The maximum atomic E-state index is 3.75. The molecule has 76 valence electrons. The lowest BCUT2D eigenvalue weighted by Crippen LogP contribution is -2.41. The van der Waals surface area contributed by atoms with Crippen molar-refractivity contribution in [2.24, 2.45) is 5.41 Å². The van der Waals surface area contributed by atoms with Gasteiger partial charge >= 0.3 is 0 Å². The third kappa shape index (κ3) is 2.63. The summed E-state index contributed by atoms with van der Waals surface area (Å²) in [5.74, 6) is 1.37. The standard InChI is InChI=1S/C11H21NS/c1-9-10(4-3-7-13-9)12-8-11(2)5-6-11/h9-10,12H,3-8H2,1-2H3. The van der Waals surface area contributed by atoms with Gasteiger partial charge in [-0.05, 0) is 36.9 Å². The summed E-state index contributed by atoms with van der Waals surface area (Å²) in [6.07, 6.45) is 5.68. The van der Waals surface area contributed by atoms with E-state index in [4.69, 9.17) is 0 Å². The monoisotopic (exact) mass is 199 g/mol. The Labute approximate surface area is 86.0 Å². The van der Waals surface area contributed by atoms with E-state index in [1.807, 2.05) is 0 Å². The predicted octanol–water partition coefficient (Wildman–Crippen LogP) is 2.66. The van der Waals surface area contributed by atoms with Crippen LogP contribution < -0.4 is 5.32 Å². The van der Waals surface area contributed by atoms with E-state index in [-0.39, 0.29) is 0 Å². The first-order valence-electron chi connectivity index (χ1n) is 5.55. The fourth-order valence-corrected chi connectivity index (χ4v) is 3.13. The van der Waals surface area contributed by atoms with Crippen molar-refractivity contribution in [3.05, 3.63) is 0 Å². The van der Waals surface area contributed by atoms with Crippen molar-refractivity contribution in [3.8, 4) is 0 Å². The molecule has 2 fully saturated rings. The highest BCUT2D eigenvalue weighted by atomic mass is 32.2. The Morgan fingerprint density at radius 3 is 2.85 bits per heavy atom. The number of rotatable bonds is 3. The van der Waals surface area contributed by atoms with E-state index in [1.54, 1.807) is 0 Å². The first-order valence-corrected chi connectivity index (χ1v) is 6.59. The van der Waals surface area contributed by atoms with Crippen LogP contribution in [0.1, 0.15) is 39.5 Å². The summed E-state index contributed by atoms with van der Waals surface area (Å²) in [6, 6.07) is 0.788. The molecule has 2 unspecified atom stereocenters. The van der Waals surface area contributed by atoms with Gasteiger partial charge in [0.2, 0.25) is 0 Å². The van der Waals surface area contributed by atoms with Crippen LogP contribution in [0.25, 0.3) is 0 Å². The van der Waals surface area contributed by atoms with Gasteiger partial charge in [0.05, 0.1) is 0 Å². The van der Waals surface area contributed by atoms with E-state index < -0.39 is 0 Å². The molecule has 0 aromatic rings. The van der Waals surface area contributed by atoms with Gasteiger partial charge in [0, 0.05) is 17.8 Å². The van der Waals surface area contributed by atoms with Crippen molar-refractivity contribution in [1.82, 2.24) is 5.32 Å². The lowest BCUT2D eigenvalue weighted by atomic mass is 10.1. The third-order valence-corrected chi connectivity index (χ3v) is 4.88. The van der Waals surface area contributed by atoms with Crippen LogP contribution >= 0.6 is 11.8 Å². The van der Waals surface area contributed by atoms with Crippen LogP contribution in [0.5, 0.6) is 0 Å². The van der Waals surface area contributed by atoms with Gasteiger partial charge in [-0.2, -0.15) is 11.8 Å². The smallest absolute Gasteiger partial charge is 0.0184 e. The first kappa shape index (κ1) is 9.85. The molecule has 0 radical (unpaired) electrons. The van der Waals surface area contributed by atoms with Gasteiger partial charge in [0.25, 0.3) is 0 Å². The van der Waals surface area contributed by atoms with Crippen LogP contribution in [-0.4, -0.2) is 23.6 Å². The highest BCUT2D eigenvalue weighted by molar-refractivity contribution is 7.99. The van der Waals surface area contributed by atoms with Gasteiger partial charge in [-0.3, -0.25) is 0 Å². The zero-order valence-corrected chi connectivity index (χ0v) is 9.62. The van der Waals surface area contributed by atoms with E-state index in [0.717, 1.165) is 11.3 Å².